The van der Waals surface area contributed by atoms with Gasteiger partial charge in [-0.2, -0.15) is 0 Å². The minimum absolute atomic E-state index is 0.0189. The van der Waals surface area contributed by atoms with E-state index in [2.05, 4.69) is 18.8 Å². The zero-order valence-corrected chi connectivity index (χ0v) is 18.2. The smallest absolute Gasteiger partial charge is 0.160 e. The molecular formula is C26H26FN3O. The minimum Gasteiger partial charge on any atom is -0.299 e. The van der Waals surface area contributed by atoms with Crippen LogP contribution in [0.4, 0.5) is 4.39 Å². The van der Waals surface area contributed by atoms with Crippen LogP contribution in [0.15, 0.2) is 42.6 Å². The fourth-order valence-corrected chi connectivity index (χ4v) is 5.62. The summed E-state index contributed by atoms with van der Waals surface area (Å²) in [6.07, 6.45) is 4.75. The van der Waals surface area contributed by atoms with Crippen LogP contribution < -0.4 is 0 Å². The topological polar surface area (TPSA) is 55.7 Å². The highest BCUT2D eigenvalue weighted by Gasteiger charge is 2.49. The van der Waals surface area contributed by atoms with Gasteiger partial charge in [-0.1, -0.05) is 26.0 Å². The molecule has 0 amide bonds. The molecule has 2 aliphatic rings. The predicted octanol–water partition coefficient (Wildman–Crippen LogP) is 5.47. The van der Waals surface area contributed by atoms with Crippen LogP contribution in [0.3, 0.4) is 0 Å². The fraction of sp³-hybridized carbons (Fsp3) is 0.385. The molecule has 2 heterocycles. The third kappa shape index (κ3) is 3.18. The zero-order valence-electron chi connectivity index (χ0n) is 18.2. The Labute approximate surface area is 182 Å². The lowest BCUT2D eigenvalue weighted by Gasteiger charge is -2.48. The highest BCUT2D eigenvalue weighted by atomic mass is 19.1. The van der Waals surface area contributed by atoms with Gasteiger partial charge in [0.15, 0.2) is 5.82 Å². The number of benzene rings is 1. The maximum absolute atomic E-state index is 14.9. The Balaban J connectivity index is 1.78. The summed E-state index contributed by atoms with van der Waals surface area (Å²) in [5.74, 6) is 0.926. The van der Waals surface area contributed by atoms with Gasteiger partial charge in [-0.15, -0.1) is 0 Å². The molecule has 1 saturated carbocycles. The van der Waals surface area contributed by atoms with E-state index in [1.54, 1.807) is 18.3 Å². The summed E-state index contributed by atoms with van der Waals surface area (Å²) < 4.78 is 14.9. The Morgan fingerprint density at radius 3 is 2.71 bits per heavy atom. The number of hydrogen-bond acceptors (Lipinski definition) is 4. The number of aryl methyl sites for hydroxylation is 1. The lowest BCUT2D eigenvalue weighted by atomic mass is 9.56. The first-order valence-electron chi connectivity index (χ1n) is 11.0. The van der Waals surface area contributed by atoms with Crippen molar-refractivity contribution in [3.63, 3.8) is 0 Å². The monoisotopic (exact) mass is 415 g/mol. The molecule has 1 aromatic carbocycles. The van der Waals surface area contributed by atoms with E-state index >= 15 is 0 Å². The van der Waals surface area contributed by atoms with Gasteiger partial charge in [-0.25, -0.2) is 14.4 Å². The van der Waals surface area contributed by atoms with Crippen molar-refractivity contribution in [3.05, 3.63) is 65.4 Å². The molecule has 5 rings (SSSR count). The standard InChI is InChI=1S/C26H26FN3O/c1-15-14-17(11-13-28-15)25-29-23(18-6-4-5-7-21(18)27)19-8-9-20-16(2)22(31)10-12-26(20,3)24(19)30-25/h4-7,11,13-14,16,20H,8-10,12H2,1-3H3/t16-,20-,26-/m1/s1. The van der Waals surface area contributed by atoms with Crippen LogP contribution in [0.25, 0.3) is 22.6 Å². The first-order valence-corrected chi connectivity index (χ1v) is 11.0. The van der Waals surface area contributed by atoms with Gasteiger partial charge >= 0.3 is 0 Å². The highest BCUT2D eigenvalue weighted by molar-refractivity contribution is 5.83. The SMILES string of the molecule is Cc1cc(-c2nc(-c3ccccc3F)c3c(n2)[C@]2(C)CCC(=O)[C@H](C)[C@H]2CC3)ccn1. The van der Waals surface area contributed by atoms with Crippen molar-refractivity contribution >= 4 is 5.78 Å². The van der Waals surface area contributed by atoms with Gasteiger partial charge in [0.05, 0.1) is 11.4 Å². The average molecular weight is 416 g/mol. The molecule has 4 nitrogen and oxygen atoms in total. The van der Waals surface area contributed by atoms with Crippen LogP contribution in [-0.2, 0) is 16.6 Å². The summed E-state index contributed by atoms with van der Waals surface area (Å²) in [4.78, 5) is 26.7. The van der Waals surface area contributed by atoms with Gasteiger partial charge in [0.25, 0.3) is 0 Å². The molecule has 3 atom stereocenters. The molecule has 0 radical (unpaired) electrons. The third-order valence-electron chi connectivity index (χ3n) is 7.36. The lowest BCUT2D eigenvalue weighted by Crippen LogP contribution is -2.47. The number of Topliss-reactive ketones (excluding diaryl/α,β-unsaturated/α-hetero) is 1. The molecule has 0 unspecified atom stereocenters. The average Bonchev–Trinajstić information content (AvgIpc) is 2.76. The number of pyridine rings is 1. The molecule has 0 spiro atoms. The quantitative estimate of drug-likeness (QED) is 0.557. The van der Waals surface area contributed by atoms with E-state index in [0.717, 1.165) is 41.8 Å². The summed E-state index contributed by atoms with van der Waals surface area (Å²) in [5.41, 5.74) is 4.74. The highest BCUT2D eigenvalue weighted by Crippen LogP contribution is 2.52. The Hall–Kier alpha value is -2.95. The van der Waals surface area contributed by atoms with Crippen molar-refractivity contribution in [1.29, 1.82) is 0 Å². The van der Waals surface area contributed by atoms with E-state index in [-0.39, 0.29) is 23.1 Å². The summed E-state index contributed by atoms with van der Waals surface area (Å²) in [5, 5.41) is 0. The molecule has 158 valence electrons. The van der Waals surface area contributed by atoms with Crippen LogP contribution in [0.2, 0.25) is 0 Å². The molecule has 31 heavy (non-hydrogen) atoms. The minimum atomic E-state index is -0.278. The van der Waals surface area contributed by atoms with Gasteiger partial charge in [0.2, 0.25) is 0 Å². The van der Waals surface area contributed by atoms with E-state index in [1.165, 1.54) is 6.07 Å². The normalized spacial score (nSPS) is 25.1. The maximum Gasteiger partial charge on any atom is 0.160 e. The van der Waals surface area contributed by atoms with Crippen LogP contribution in [-0.4, -0.2) is 20.7 Å². The molecule has 2 aromatic heterocycles. The van der Waals surface area contributed by atoms with Crippen molar-refractivity contribution in [2.45, 2.75) is 51.9 Å². The molecule has 1 fully saturated rings. The van der Waals surface area contributed by atoms with Crippen LogP contribution in [0.1, 0.15) is 50.1 Å². The predicted molar refractivity (Wildman–Crippen MR) is 118 cm³/mol. The molecular weight excluding hydrogens is 389 g/mol. The number of ketones is 1. The second-order valence-electron chi connectivity index (χ2n) is 9.21. The lowest BCUT2D eigenvalue weighted by molar-refractivity contribution is -0.128. The van der Waals surface area contributed by atoms with E-state index in [9.17, 15) is 9.18 Å². The van der Waals surface area contributed by atoms with Crippen LogP contribution in [0, 0.1) is 24.6 Å². The Kier molecular flexibility index (Phi) is 4.72. The van der Waals surface area contributed by atoms with E-state index in [0.29, 0.717) is 29.3 Å². The van der Waals surface area contributed by atoms with Gasteiger partial charge in [0, 0.05) is 46.3 Å². The number of fused-ring (bicyclic) bond motifs is 3. The largest absolute Gasteiger partial charge is 0.299 e. The summed E-state index contributed by atoms with van der Waals surface area (Å²) in [6, 6.07) is 10.7. The number of hydrogen-bond donors (Lipinski definition) is 0. The first kappa shape index (κ1) is 20.0. The Bertz CT molecular complexity index is 1190. The van der Waals surface area contributed by atoms with Crippen molar-refractivity contribution in [2.75, 3.05) is 0 Å². The third-order valence-corrected chi connectivity index (χ3v) is 7.36. The van der Waals surface area contributed by atoms with Gasteiger partial charge in [0.1, 0.15) is 11.6 Å². The summed E-state index contributed by atoms with van der Waals surface area (Å²) in [6.45, 7) is 6.23. The molecule has 5 heteroatoms. The molecule has 3 aromatic rings. The summed E-state index contributed by atoms with van der Waals surface area (Å²) in [7, 11) is 0. The number of carbonyl (C=O) groups is 1. The van der Waals surface area contributed by atoms with Crippen molar-refractivity contribution in [3.8, 4) is 22.6 Å². The first-order chi connectivity index (χ1) is 14.9. The molecule has 0 bridgehead atoms. The van der Waals surface area contributed by atoms with E-state index in [1.807, 2.05) is 25.1 Å². The molecule has 2 aliphatic carbocycles. The van der Waals surface area contributed by atoms with Crippen molar-refractivity contribution in [2.24, 2.45) is 11.8 Å². The second kappa shape index (κ2) is 7.33. The number of carbonyl (C=O) groups excluding carboxylic acids is 1. The van der Waals surface area contributed by atoms with Crippen LogP contribution >= 0.6 is 0 Å². The number of aromatic nitrogens is 3. The van der Waals surface area contributed by atoms with Crippen LogP contribution in [0.5, 0.6) is 0 Å². The number of halogens is 1. The molecule has 0 aliphatic heterocycles. The number of nitrogens with zero attached hydrogens (tertiary/aromatic N) is 3. The molecule has 0 N–H and O–H groups in total. The van der Waals surface area contributed by atoms with Crippen molar-refractivity contribution < 1.29 is 9.18 Å². The zero-order chi connectivity index (χ0) is 21.8. The van der Waals surface area contributed by atoms with Gasteiger partial charge in [-0.05, 0) is 56.4 Å². The van der Waals surface area contributed by atoms with Crippen molar-refractivity contribution in [1.82, 2.24) is 15.0 Å². The number of rotatable bonds is 2. The Morgan fingerprint density at radius 2 is 1.94 bits per heavy atom. The van der Waals surface area contributed by atoms with Gasteiger partial charge < -0.3 is 0 Å². The van der Waals surface area contributed by atoms with Gasteiger partial charge in [-0.3, -0.25) is 9.78 Å². The Morgan fingerprint density at radius 1 is 1.13 bits per heavy atom. The van der Waals surface area contributed by atoms with E-state index < -0.39 is 0 Å². The summed E-state index contributed by atoms with van der Waals surface area (Å²) >= 11 is 0. The second-order valence-corrected chi connectivity index (χ2v) is 9.21. The molecule has 0 saturated heterocycles. The maximum atomic E-state index is 14.9. The fourth-order valence-electron chi connectivity index (χ4n) is 5.62. The van der Waals surface area contributed by atoms with E-state index in [4.69, 9.17) is 9.97 Å².